The number of rotatable bonds is 4. The molecular weight excluding hydrogens is 304 g/mol. The summed E-state index contributed by atoms with van der Waals surface area (Å²) in [7, 11) is 3.94. The molecule has 1 aliphatic heterocycles. The number of anilines is 1. The Bertz CT molecular complexity index is 682. The minimum absolute atomic E-state index is 0.0598. The van der Waals surface area contributed by atoms with Crippen molar-refractivity contribution in [3.05, 3.63) is 48.3 Å². The van der Waals surface area contributed by atoms with Crippen LogP contribution in [0, 0.1) is 0 Å². The summed E-state index contributed by atoms with van der Waals surface area (Å²) in [4.78, 5) is 24.7. The van der Waals surface area contributed by atoms with Crippen molar-refractivity contribution in [2.75, 3.05) is 32.1 Å². The van der Waals surface area contributed by atoms with Crippen LogP contribution in [0.3, 0.4) is 0 Å². The monoisotopic (exact) mass is 326 g/mol. The van der Waals surface area contributed by atoms with E-state index < -0.39 is 0 Å². The number of likely N-dealkylation sites (tertiary alicyclic amines) is 1. The average molecular weight is 326 g/mol. The van der Waals surface area contributed by atoms with Gasteiger partial charge in [0.15, 0.2) is 0 Å². The Balaban J connectivity index is 1.58. The number of amides is 1. The number of hydrogen-bond donors (Lipinski definition) is 0. The normalized spacial score (nSPS) is 15.2. The molecule has 1 aromatic carbocycles. The summed E-state index contributed by atoms with van der Waals surface area (Å²) < 4.78 is 5.77. The van der Waals surface area contributed by atoms with Gasteiger partial charge in [0.2, 0.25) is 0 Å². The van der Waals surface area contributed by atoms with E-state index in [1.54, 1.807) is 18.5 Å². The molecule has 24 heavy (non-hydrogen) atoms. The summed E-state index contributed by atoms with van der Waals surface area (Å²) in [5, 5.41) is 0. The number of aromatic nitrogens is 2. The third-order valence-corrected chi connectivity index (χ3v) is 4.15. The number of hydrogen-bond acceptors (Lipinski definition) is 5. The lowest BCUT2D eigenvalue weighted by Crippen LogP contribution is -2.42. The van der Waals surface area contributed by atoms with Crippen molar-refractivity contribution in [1.82, 2.24) is 14.9 Å². The lowest BCUT2D eigenvalue weighted by molar-refractivity contribution is 0.0578. The summed E-state index contributed by atoms with van der Waals surface area (Å²) in [5.41, 5.74) is 1.76. The fraction of sp³-hybridized carbons (Fsp3) is 0.389. The zero-order valence-electron chi connectivity index (χ0n) is 14.1. The molecule has 0 radical (unpaired) electrons. The molecule has 0 N–H and O–H groups in total. The number of benzene rings is 1. The zero-order chi connectivity index (χ0) is 16.9. The molecule has 0 atom stereocenters. The molecule has 0 saturated carbocycles. The summed E-state index contributed by atoms with van der Waals surface area (Å²) in [5.74, 6) is 0.0770. The molecule has 1 amide bonds. The van der Waals surface area contributed by atoms with Gasteiger partial charge in [0, 0.05) is 63.7 Å². The van der Waals surface area contributed by atoms with Crippen LogP contribution < -0.4 is 9.64 Å². The van der Waals surface area contributed by atoms with Crippen molar-refractivity contribution in [3.63, 3.8) is 0 Å². The molecule has 2 aromatic rings. The molecule has 1 fully saturated rings. The summed E-state index contributed by atoms with van der Waals surface area (Å²) >= 11 is 0. The minimum atomic E-state index is 0.0598. The van der Waals surface area contributed by atoms with Crippen molar-refractivity contribution in [2.45, 2.75) is 18.9 Å². The van der Waals surface area contributed by atoms with Crippen LogP contribution in [0.4, 0.5) is 5.69 Å². The lowest BCUT2D eigenvalue weighted by atomic mass is 10.1. The second-order valence-corrected chi connectivity index (χ2v) is 6.09. The maximum absolute atomic E-state index is 12.7. The summed E-state index contributed by atoms with van der Waals surface area (Å²) in [6.45, 7) is 1.37. The highest BCUT2D eigenvalue weighted by molar-refractivity contribution is 5.95. The van der Waals surface area contributed by atoms with Gasteiger partial charge in [-0.2, -0.15) is 0 Å². The Morgan fingerprint density at radius 1 is 1.17 bits per heavy atom. The van der Waals surface area contributed by atoms with E-state index in [0.717, 1.165) is 24.1 Å². The van der Waals surface area contributed by atoms with Gasteiger partial charge in [-0.25, -0.2) is 9.97 Å². The molecule has 1 saturated heterocycles. The van der Waals surface area contributed by atoms with Gasteiger partial charge in [-0.3, -0.25) is 4.79 Å². The van der Waals surface area contributed by atoms with E-state index in [2.05, 4.69) is 9.97 Å². The van der Waals surface area contributed by atoms with Crippen LogP contribution >= 0.6 is 0 Å². The van der Waals surface area contributed by atoms with E-state index in [4.69, 9.17) is 4.74 Å². The van der Waals surface area contributed by atoms with Crippen molar-refractivity contribution in [1.29, 1.82) is 0 Å². The number of ether oxygens (including phenoxy) is 1. The molecule has 6 nitrogen and oxygen atoms in total. The van der Waals surface area contributed by atoms with Crippen LogP contribution in [0.2, 0.25) is 0 Å². The Morgan fingerprint density at radius 3 is 2.54 bits per heavy atom. The minimum Gasteiger partial charge on any atom is -0.460 e. The molecule has 0 aliphatic carbocycles. The summed E-state index contributed by atoms with van der Waals surface area (Å²) in [6, 6.07) is 9.89. The van der Waals surface area contributed by atoms with Crippen LogP contribution in [0.15, 0.2) is 42.7 Å². The second kappa shape index (κ2) is 7.29. The van der Waals surface area contributed by atoms with Crippen LogP contribution in [0.25, 0.3) is 0 Å². The van der Waals surface area contributed by atoms with Gasteiger partial charge in [-0.05, 0) is 24.3 Å². The maximum Gasteiger partial charge on any atom is 0.316 e. The molecule has 0 spiro atoms. The van der Waals surface area contributed by atoms with Crippen LogP contribution in [-0.4, -0.2) is 54.1 Å². The van der Waals surface area contributed by atoms with Crippen LogP contribution in [-0.2, 0) is 0 Å². The van der Waals surface area contributed by atoms with Crippen molar-refractivity contribution < 1.29 is 9.53 Å². The van der Waals surface area contributed by atoms with E-state index in [1.807, 2.05) is 48.2 Å². The first-order valence-corrected chi connectivity index (χ1v) is 8.14. The first-order valence-electron chi connectivity index (χ1n) is 8.14. The van der Waals surface area contributed by atoms with Crippen molar-refractivity contribution in [2.24, 2.45) is 0 Å². The topological polar surface area (TPSA) is 58.6 Å². The predicted octanol–water partition coefficient (Wildman–Crippen LogP) is 2.23. The smallest absolute Gasteiger partial charge is 0.316 e. The molecule has 1 aromatic heterocycles. The van der Waals surface area contributed by atoms with Crippen LogP contribution in [0.1, 0.15) is 23.2 Å². The Kier molecular flexibility index (Phi) is 4.93. The lowest BCUT2D eigenvalue weighted by Gasteiger charge is -2.31. The second-order valence-electron chi connectivity index (χ2n) is 6.09. The highest BCUT2D eigenvalue weighted by Crippen LogP contribution is 2.19. The molecule has 1 aliphatic rings. The van der Waals surface area contributed by atoms with E-state index in [9.17, 15) is 4.79 Å². The van der Waals surface area contributed by atoms with E-state index in [-0.39, 0.29) is 12.0 Å². The van der Waals surface area contributed by atoms with Gasteiger partial charge in [-0.15, -0.1) is 0 Å². The average Bonchev–Trinajstić information content (AvgIpc) is 2.63. The first kappa shape index (κ1) is 16.2. The fourth-order valence-corrected chi connectivity index (χ4v) is 2.77. The fourth-order valence-electron chi connectivity index (χ4n) is 2.77. The van der Waals surface area contributed by atoms with Gasteiger partial charge in [-0.1, -0.05) is 6.07 Å². The number of nitrogens with zero attached hydrogens (tertiary/aromatic N) is 4. The maximum atomic E-state index is 12.7. The number of carbonyl (C=O) groups excluding carboxylic acids is 1. The zero-order valence-corrected chi connectivity index (χ0v) is 14.1. The van der Waals surface area contributed by atoms with Crippen molar-refractivity contribution >= 4 is 11.6 Å². The Labute approximate surface area is 142 Å². The molecule has 3 rings (SSSR count). The van der Waals surface area contributed by atoms with E-state index in [0.29, 0.717) is 19.1 Å². The van der Waals surface area contributed by atoms with E-state index in [1.165, 1.54) is 0 Å². The number of piperidine rings is 1. The van der Waals surface area contributed by atoms with Gasteiger partial charge in [0.05, 0.1) is 0 Å². The van der Waals surface area contributed by atoms with Gasteiger partial charge >= 0.3 is 6.01 Å². The third-order valence-electron chi connectivity index (χ3n) is 4.15. The SMILES string of the molecule is CN(C)c1cccc(C(=O)N2CCC(Oc3ncccn3)CC2)c1. The molecule has 0 unspecified atom stereocenters. The van der Waals surface area contributed by atoms with Gasteiger partial charge in [0.25, 0.3) is 5.91 Å². The quantitative estimate of drug-likeness (QED) is 0.862. The highest BCUT2D eigenvalue weighted by atomic mass is 16.5. The number of carbonyl (C=O) groups is 1. The molecular formula is C18H22N4O2. The standard InChI is InChI=1S/C18H22N4O2/c1-21(2)15-6-3-5-14(13-15)17(23)22-11-7-16(8-12-22)24-18-19-9-4-10-20-18/h3-6,9-10,13,16H,7-8,11-12H2,1-2H3. The Hall–Kier alpha value is -2.63. The van der Waals surface area contributed by atoms with Gasteiger partial charge < -0.3 is 14.5 Å². The molecule has 0 bridgehead atoms. The van der Waals surface area contributed by atoms with E-state index >= 15 is 0 Å². The predicted molar refractivity (Wildman–Crippen MR) is 92.4 cm³/mol. The largest absolute Gasteiger partial charge is 0.460 e. The third kappa shape index (κ3) is 3.82. The Morgan fingerprint density at radius 2 is 1.88 bits per heavy atom. The molecule has 2 heterocycles. The first-order chi connectivity index (χ1) is 11.6. The van der Waals surface area contributed by atoms with Crippen LogP contribution in [0.5, 0.6) is 6.01 Å². The van der Waals surface area contributed by atoms with Gasteiger partial charge in [0.1, 0.15) is 6.10 Å². The highest BCUT2D eigenvalue weighted by Gasteiger charge is 2.25. The molecule has 6 heteroatoms. The summed E-state index contributed by atoms with van der Waals surface area (Å²) in [6.07, 6.45) is 4.97. The van der Waals surface area contributed by atoms with Crippen molar-refractivity contribution in [3.8, 4) is 6.01 Å². The molecule has 126 valence electrons.